The number of rotatable bonds is 4. The molecule has 0 fully saturated rings. The smallest absolute Gasteiger partial charge is 0.0897 e. The molecule has 0 saturated carbocycles. The van der Waals surface area contributed by atoms with E-state index in [2.05, 4.69) is 32.9 Å². The Balaban J connectivity index is 2.04. The Kier molecular flexibility index (Phi) is 3.96. The molecule has 4 nitrogen and oxygen atoms in total. The van der Waals surface area contributed by atoms with Crippen molar-refractivity contribution in [2.45, 2.75) is 26.3 Å². The van der Waals surface area contributed by atoms with Crippen LogP contribution in [0.15, 0.2) is 35.7 Å². The zero-order chi connectivity index (χ0) is 14.8. The van der Waals surface area contributed by atoms with Crippen molar-refractivity contribution in [3.05, 3.63) is 57.7 Å². The summed E-state index contributed by atoms with van der Waals surface area (Å²) < 4.78 is 0. The number of nitrogens with zero attached hydrogens (tertiary/aromatic N) is 2. The first-order valence-corrected chi connectivity index (χ1v) is 7.79. The summed E-state index contributed by atoms with van der Waals surface area (Å²) in [4.78, 5) is 9.12. The van der Waals surface area contributed by atoms with Gasteiger partial charge in [-0.25, -0.2) is 4.98 Å². The Morgan fingerprint density at radius 1 is 1.24 bits per heavy atom. The van der Waals surface area contributed by atoms with E-state index >= 15 is 0 Å². The first kappa shape index (κ1) is 14.1. The van der Waals surface area contributed by atoms with Crippen LogP contribution >= 0.6 is 11.3 Å². The lowest BCUT2D eigenvalue weighted by Crippen LogP contribution is -2.30. The van der Waals surface area contributed by atoms with Gasteiger partial charge in [-0.2, -0.15) is 0 Å². The highest BCUT2D eigenvalue weighted by Crippen LogP contribution is 2.26. The molecule has 0 spiro atoms. The molecule has 1 aromatic carbocycles. The molecule has 21 heavy (non-hydrogen) atoms. The molecule has 5 heteroatoms. The number of fused-ring (bicyclic) bond motifs is 1. The number of benzene rings is 1. The number of para-hydroxylation sites is 1. The minimum Gasteiger partial charge on any atom is -0.271 e. The van der Waals surface area contributed by atoms with Gasteiger partial charge in [-0.1, -0.05) is 18.2 Å². The third kappa shape index (κ3) is 2.95. The van der Waals surface area contributed by atoms with E-state index in [4.69, 9.17) is 5.84 Å². The van der Waals surface area contributed by atoms with Gasteiger partial charge in [0.25, 0.3) is 0 Å². The van der Waals surface area contributed by atoms with Crippen molar-refractivity contribution in [3.63, 3.8) is 0 Å². The van der Waals surface area contributed by atoms with E-state index in [1.807, 2.05) is 32.0 Å². The van der Waals surface area contributed by atoms with E-state index in [-0.39, 0.29) is 6.04 Å². The Morgan fingerprint density at radius 2 is 2.05 bits per heavy atom. The molecule has 1 unspecified atom stereocenters. The van der Waals surface area contributed by atoms with Gasteiger partial charge in [0, 0.05) is 22.9 Å². The number of thiazole rings is 1. The maximum absolute atomic E-state index is 5.81. The van der Waals surface area contributed by atoms with E-state index in [0.29, 0.717) is 0 Å². The molecular formula is C16H18N4S. The molecule has 0 aliphatic carbocycles. The van der Waals surface area contributed by atoms with Crippen LogP contribution in [0.2, 0.25) is 0 Å². The number of aromatic nitrogens is 2. The zero-order valence-electron chi connectivity index (χ0n) is 12.1. The fourth-order valence-corrected chi connectivity index (χ4v) is 3.22. The quantitative estimate of drug-likeness (QED) is 0.574. The molecule has 2 heterocycles. The van der Waals surface area contributed by atoms with Gasteiger partial charge in [-0.3, -0.25) is 16.3 Å². The van der Waals surface area contributed by atoms with Crippen LogP contribution in [-0.4, -0.2) is 9.97 Å². The number of nitrogens with one attached hydrogen (secondary N) is 1. The second-order valence-corrected chi connectivity index (χ2v) is 6.21. The van der Waals surface area contributed by atoms with Crippen molar-refractivity contribution in [1.29, 1.82) is 0 Å². The van der Waals surface area contributed by atoms with E-state index in [1.165, 1.54) is 5.56 Å². The largest absolute Gasteiger partial charge is 0.271 e. The molecule has 0 aliphatic heterocycles. The Hall–Kier alpha value is -1.82. The molecule has 108 valence electrons. The minimum absolute atomic E-state index is 0.0260. The van der Waals surface area contributed by atoms with Crippen LogP contribution < -0.4 is 11.3 Å². The summed E-state index contributed by atoms with van der Waals surface area (Å²) >= 11 is 1.67. The lowest BCUT2D eigenvalue weighted by molar-refractivity contribution is 0.549. The predicted molar refractivity (Wildman–Crippen MR) is 87.1 cm³/mol. The molecule has 0 saturated heterocycles. The van der Waals surface area contributed by atoms with Crippen molar-refractivity contribution < 1.29 is 0 Å². The van der Waals surface area contributed by atoms with Gasteiger partial charge >= 0.3 is 0 Å². The average Bonchev–Trinajstić information content (AvgIpc) is 2.89. The SMILES string of the molecule is Cc1cc(C(Cc2csc(C)n2)NN)c2ccccc2n1. The normalized spacial score (nSPS) is 12.7. The van der Waals surface area contributed by atoms with Gasteiger partial charge in [-0.05, 0) is 31.5 Å². The summed E-state index contributed by atoms with van der Waals surface area (Å²) in [6.07, 6.45) is 0.772. The maximum Gasteiger partial charge on any atom is 0.0897 e. The summed E-state index contributed by atoms with van der Waals surface area (Å²) in [6, 6.07) is 10.3. The highest BCUT2D eigenvalue weighted by molar-refractivity contribution is 7.09. The fourth-order valence-electron chi connectivity index (χ4n) is 2.60. The lowest BCUT2D eigenvalue weighted by atomic mass is 9.98. The molecule has 3 N–H and O–H groups in total. The van der Waals surface area contributed by atoms with Crippen molar-refractivity contribution >= 4 is 22.2 Å². The van der Waals surface area contributed by atoms with Crippen molar-refractivity contribution in [2.75, 3.05) is 0 Å². The first-order chi connectivity index (χ1) is 10.2. The number of aryl methyl sites for hydroxylation is 2. The predicted octanol–water partition coefficient (Wildman–Crippen LogP) is 3.06. The van der Waals surface area contributed by atoms with E-state index in [9.17, 15) is 0 Å². The average molecular weight is 298 g/mol. The number of hydrogen-bond donors (Lipinski definition) is 2. The van der Waals surface area contributed by atoms with Crippen LogP contribution in [0.25, 0.3) is 10.9 Å². The first-order valence-electron chi connectivity index (χ1n) is 6.91. The van der Waals surface area contributed by atoms with Gasteiger partial charge in [0.1, 0.15) is 0 Å². The zero-order valence-corrected chi connectivity index (χ0v) is 12.9. The molecule has 0 radical (unpaired) electrons. The van der Waals surface area contributed by atoms with Crippen LogP contribution in [0.5, 0.6) is 0 Å². The van der Waals surface area contributed by atoms with Crippen molar-refractivity contribution in [3.8, 4) is 0 Å². The Bertz CT molecular complexity index is 766. The van der Waals surface area contributed by atoms with Gasteiger partial charge in [0.05, 0.1) is 22.3 Å². The van der Waals surface area contributed by atoms with E-state index < -0.39 is 0 Å². The lowest BCUT2D eigenvalue weighted by Gasteiger charge is -2.18. The summed E-state index contributed by atoms with van der Waals surface area (Å²) in [7, 11) is 0. The molecular weight excluding hydrogens is 280 g/mol. The van der Waals surface area contributed by atoms with E-state index in [0.717, 1.165) is 33.7 Å². The standard InChI is InChI=1S/C16H18N4S/c1-10-7-14(13-5-3-4-6-15(13)18-10)16(20-17)8-12-9-21-11(2)19-12/h3-7,9,16,20H,8,17H2,1-2H3. The maximum atomic E-state index is 5.81. The van der Waals surface area contributed by atoms with Crippen LogP contribution in [0, 0.1) is 13.8 Å². The van der Waals surface area contributed by atoms with Crippen LogP contribution in [0.3, 0.4) is 0 Å². The highest BCUT2D eigenvalue weighted by Gasteiger charge is 2.16. The molecule has 3 aromatic rings. The molecule has 0 aliphatic rings. The Labute approximate surface area is 128 Å². The van der Waals surface area contributed by atoms with Crippen LogP contribution in [-0.2, 0) is 6.42 Å². The molecule has 2 aromatic heterocycles. The Morgan fingerprint density at radius 3 is 2.76 bits per heavy atom. The second-order valence-electron chi connectivity index (χ2n) is 5.15. The molecule has 1 atom stereocenters. The molecule has 0 bridgehead atoms. The molecule has 3 rings (SSSR count). The van der Waals surface area contributed by atoms with Crippen molar-refractivity contribution in [1.82, 2.24) is 15.4 Å². The molecule has 0 amide bonds. The third-order valence-corrected chi connectivity index (χ3v) is 4.36. The fraction of sp³-hybridized carbons (Fsp3) is 0.250. The van der Waals surface area contributed by atoms with Crippen LogP contribution in [0.4, 0.5) is 0 Å². The number of nitrogens with two attached hydrogens (primary N) is 1. The summed E-state index contributed by atoms with van der Waals surface area (Å²) in [5.74, 6) is 5.81. The topological polar surface area (TPSA) is 63.8 Å². The monoisotopic (exact) mass is 298 g/mol. The van der Waals surface area contributed by atoms with E-state index in [1.54, 1.807) is 11.3 Å². The van der Waals surface area contributed by atoms with Crippen molar-refractivity contribution in [2.24, 2.45) is 5.84 Å². The van der Waals surface area contributed by atoms with Gasteiger partial charge in [0.2, 0.25) is 0 Å². The third-order valence-electron chi connectivity index (χ3n) is 3.53. The number of hydrogen-bond acceptors (Lipinski definition) is 5. The van der Waals surface area contributed by atoms with Crippen LogP contribution in [0.1, 0.15) is 28.0 Å². The number of hydrazine groups is 1. The van der Waals surface area contributed by atoms with Gasteiger partial charge in [-0.15, -0.1) is 11.3 Å². The minimum atomic E-state index is 0.0260. The summed E-state index contributed by atoms with van der Waals surface area (Å²) in [6.45, 7) is 4.03. The summed E-state index contributed by atoms with van der Waals surface area (Å²) in [5.41, 5.74) is 7.17. The van der Waals surface area contributed by atoms with Gasteiger partial charge < -0.3 is 0 Å². The van der Waals surface area contributed by atoms with Gasteiger partial charge in [0.15, 0.2) is 0 Å². The summed E-state index contributed by atoms with van der Waals surface area (Å²) in [5, 5.41) is 4.31. The second kappa shape index (κ2) is 5.89. The number of pyridine rings is 1. The highest BCUT2D eigenvalue weighted by atomic mass is 32.1.